The third kappa shape index (κ3) is 9.43. The zero-order valence-electron chi connectivity index (χ0n) is 48.9. The predicted molar refractivity (Wildman–Crippen MR) is 354 cm³/mol. The number of pyridine rings is 4. The summed E-state index contributed by atoms with van der Waals surface area (Å²) < 4.78 is 21.5. The van der Waals surface area contributed by atoms with Crippen LogP contribution in [0.15, 0.2) is 237 Å². The first-order valence-electron chi connectivity index (χ1n) is 29.4. The van der Waals surface area contributed by atoms with Gasteiger partial charge < -0.3 is 27.4 Å². The first-order chi connectivity index (χ1) is 43.9. The summed E-state index contributed by atoms with van der Waals surface area (Å²) in [4.78, 5) is 9.27. The van der Waals surface area contributed by atoms with Gasteiger partial charge in [-0.05, 0) is 108 Å². The molecule has 0 spiro atoms. The van der Waals surface area contributed by atoms with Crippen LogP contribution in [0.5, 0.6) is 23.0 Å². The summed E-state index contributed by atoms with van der Waals surface area (Å²) in [5.41, 5.74) is 13.1. The normalized spacial score (nSPS) is 11.5. The maximum Gasteiger partial charge on any atom is 2.00 e. The van der Waals surface area contributed by atoms with Gasteiger partial charge in [0.25, 0.3) is 0 Å². The van der Waals surface area contributed by atoms with Crippen molar-refractivity contribution in [3.05, 3.63) is 278 Å². The van der Waals surface area contributed by atoms with Gasteiger partial charge in [0.2, 0.25) is 0 Å². The van der Waals surface area contributed by atoms with Crippen molar-refractivity contribution in [3.8, 4) is 57.4 Å². The fourth-order valence-electron chi connectivity index (χ4n) is 12.9. The first-order valence-corrected chi connectivity index (χ1v) is 29.4. The van der Waals surface area contributed by atoms with E-state index in [1.807, 2.05) is 91.0 Å². The molecule has 14 heteroatoms. The van der Waals surface area contributed by atoms with Crippen molar-refractivity contribution >= 4 is 98.3 Å². The molecule has 0 saturated carbocycles. The molecule has 8 aromatic heterocycles. The Hall–Kier alpha value is -10.6. The Balaban J connectivity index is 0.000000148. The van der Waals surface area contributed by atoms with Gasteiger partial charge in [-0.15, -0.1) is 69.5 Å². The van der Waals surface area contributed by atoms with Gasteiger partial charge in [0, 0.05) is 68.6 Å². The van der Waals surface area contributed by atoms with E-state index in [2.05, 4.69) is 217 Å². The van der Waals surface area contributed by atoms with Gasteiger partial charge in [0.1, 0.15) is 11.6 Å². The Morgan fingerprint density at radius 1 is 0.319 bits per heavy atom. The summed E-state index contributed by atoms with van der Waals surface area (Å²) in [5.74, 6) is 5.61. The van der Waals surface area contributed by atoms with E-state index in [9.17, 15) is 0 Å². The Labute approximate surface area is 550 Å². The number of nitrogens with zero attached hydrogens (tertiary/aromatic N) is 10. The predicted octanol–water partition coefficient (Wildman–Crippen LogP) is 18.1. The number of hydrogen-bond acceptors (Lipinski definition) is 8. The van der Waals surface area contributed by atoms with E-state index < -0.39 is 0 Å². The average molecular weight is 1540 g/mol. The number of para-hydroxylation sites is 4. The van der Waals surface area contributed by atoms with E-state index in [0.717, 1.165) is 149 Å². The summed E-state index contributed by atoms with van der Waals surface area (Å²) >= 11 is 0. The molecule has 0 bridgehead atoms. The van der Waals surface area contributed by atoms with Gasteiger partial charge in [0.15, 0.2) is 11.6 Å². The molecule has 10 aromatic carbocycles. The number of aromatic nitrogens is 10. The second-order valence-corrected chi connectivity index (χ2v) is 22.2. The fraction of sp³-hybridized carbons (Fsp3) is 0.0390. The summed E-state index contributed by atoms with van der Waals surface area (Å²) in [5, 5.41) is 29.2. The summed E-state index contributed by atoms with van der Waals surface area (Å²) in [7, 11) is 0. The van der Waals surface area contributed by atoms with E-state index >= 15 is 0 Å². The van der Waals surface area contributed by atoms with Crippen LogP contribution in [-0.2, 0) is 42.1 Å². The van der Waals surface area contributed by atoms with Gasteiger partial charge in [0.05, 0.1) is 11.3 Å². The molecule has 0 fully saturated rings. The van der Waals surface area contributed by atoms with Crippen LogP contribution in [0.2, 0.25) is 0 Å². The molecule has 0 aliphatic rings. The number of benzene rings is 10. The van der Waals surface area contributed by atoms with Crippen LogP contribution >= 0.6 is 0 Å². The molecule has 0 atom stereocenters. The molecule has 18 rings (SSSR count). The van der Waals surface area contributed by atoms with Crippen LogP contribution in [0, 0.1) is 45.0 Å². The average Bonchev–Trinajstić information content (AvgIpc) is 1.77. The molecular weight excluding hydrogens is 1490 g/mol. The second kappa shape index (κ2) is 23.1. The van der Waals surface area contributed by atoms with E-state index in [1.165, 1.54) is 0 Å². The number of aryl methyl sites for hydroxylation is 3. The van der Waals surface area contributed by atoms with Gasteiger partial charge in [-0.1, -0.05) is 172 Å². The molecule has 0 aliphatic heterocycles. The standard InChI is InChI=1S/C39H25N5O.C38H23N5O.2Pt/c1-24-10-9-11-25(2)37(24)39-42-41-38-32-22-26(17-19-28(32)29-12-3-6-15-34(29)44(38)39)45-27-18-20-31-30-13-4-5-14-33(30)43(35(31)23-27)36-16-7-8-21-40-36;1-24-10-2-3-11-27(24)37-40-41-38-32-22-25(17-19-28(32)29-12-4-7-15-34(29)43(37)38)44-26-18-20-31-30-13-5-6-14-33(30)42(35(31)23-26)36-16-8-9-21-39-36;;/h3-21H,1-2H3;2-21H,1H3;;/q2*-2;2*+2. The quantitative estimate of drug-likeness (QED) is 0.109. The molecule has 18 aromatic rings. The first kappa shape index (κ1) is 56.8. The van der Waals surface area contributed by atoms with Crippen molar-refractivity contribution in [2.24, 2.45) is 0 Å². The molecule has 91 heavy (non-hydrogen) atoms. The Morgan fingerprint density at radius 2 is 0.703 bits per heavy atom. The van der Waals surface area contributed by atoms with Crippen molar-refractivity contribution in [2.45, 2.75) is 20.8 Å². The number of fused-ring (bicyclic) bond motifs is 18. The maximum atomic E-state index is 6.47. The molecule has 12 nitrogen and oxygen atoms in total. The fourth-order valence-corrected chi connectivity index (χ4v) is 12.9. The molecule has 438 valence electrons. The zero-order chi connectivity index (χ0) is 59.3. The van der Waals surface area contributed by atoms with Crippen LogP contribution in [0.1, 0.15) is 16.7 Å². The second-order valence-electron chi connectivity index (χ2n) is 22.2. The minimum atomic E-state index is 0. The van der Waals surface area contributed by atoms with E-state index in [-0.39, 0.29) is 42.1 Å². The number of hydrogen-bond donors (Lipinski definition) is 0. The molecule has 0 unspecified atom stereocenters. The molecule has 0 saturated heterocycles. The summed E-state index contributed by atoms with van der Waals surface area (Å²) in [6, 6.07) is 90.1. The van der Waals surface area contributed by atoms with E-state index in [0.29, 0.717) is 23.0 Å². The van der Waals surface area contributed by atoms with Crippen LogP contribution in [-0.4, -0.2) is 48.3 Å². The molecule has 0 aliphatic carbocycles. The number of rotatable bonds is 8. The Morgan fingerprint density at radius 3 is 1.18 bits per heavy atom. The van der Waals surface area contributed by atoms with Gasteiger partial charge in [-0.2, -0.15) is 22.3 Å². The van der Waals surface area contributed by atoms with Gasteiger partial charge in [-0.25, -0.2) is 9.97 Å². The minimum absolute atomic E-state index is 0. The van der Waals surface area contributed by atoms with E-state index in [4.69, 9.17) is 19.7 Å². The minimum Gasteiger partial charge on any atom is -0.503 e. The van der Waals surface area contributed by atoms with Crippen molar-refractivity contribution in [2.75, 3.05) is 0 Å². The molecule has 0 N–H and O–H groups in total. The summed E-state index contributed by atoms with van der Waals surface area (Å²) in [6.07, 6.45) is 3.61. The van der Waals surface area contributed by atoms with Crippen molar-refractivity contribution in [1.82, 2.24) is 48.3 Å². The molecular formula is C77H48N10O2Pt2. The zero-order valence-corrected chi connectivity index (χ0v) is 53.5. The van der Waals surface area contributed by atoms with Gasteiger partial charge in [-0.3, -0.25) is 0 Å². The van der Waals surface area contributed by atoms with Crippen molar-refractivity contribution < 1.29 is 51.6 Å². The molecule has 0 radical (unpaired) electrons. The summed E-state index contributed by atoms with van der Waals surface area (Å²) in [6.45, 7) is 6.33. The third-order valence-electron chi connectivity index (χ3n) is 16.9. The van der Waals surface area contributed by atoms with Gasteiger partial charge >= 0.3 is 42.1 Å². The van der Waals surface area contributed by atoms with Crippen molar-refractivity contribution in [1.29, 1.82) is 0 Å². The van der Waals surface area contributed by atoms with Crippen molar-refractivity contribution in [3.63, 3.8) is 0 Å². The monoisotopic (exact) mass is 1530 g/mol. The topological polar surface area (TPSA) is 114 Å². The SMILES string of the molecule is Cc1cccc(C)c1-c1nnc2c3[c-]c(Oc4[c-]c5c(cc4)c4ccccc4n5-c4ccccn4)ccc3c3ccccc3n12.Cc1ccccc1-c1nnc2c3[c-]c(Oc4[c-]c5c(cc4)c4ccccc4n5-c4ccccn4)ccc3c3ccccc3n12.[Pt+2].[Pt+2]. The van der Waals surface area contributed by atoms with Crippen LogP contribution < -0.4 is 9.47 Å². The smallest absolute Gasteiger partial charge is 0.503 e. The van der Waals surface area contributed by atoms with E-state index in [1.54, 1.807) is 12.4 Å². The van der Waals surface area contributed by atoms with Crippen LogP contribution in [0.3, 0.4) is 0 Å². The Bertz CT molecular complexity index is 5860. The third-order valence-corrected chi connectivity index (χ3v) is 16.9. The maximum absolute atomic E-state index is 6.47. The van der Waals surface area contributed by atoms with Crippen LogP contribution in [0.25, 0.3) is 133 Å². The van der Waals surface area contributed by atoms with Crippen LogP contribution in [0.4, 0.5) is 0 Å². The Kier molecular flexibility index (Phi) is 14.4. The largest absolute Gasteiger partial charge is 2.00 e. The number of ether oxygens (including phenoxy) is 2. The molecule has 8 heterocycles. The molecule has 0 amide bonds.